The van der Waals surface area contributed by atoms with E-state index in [9.17, 15) is 0 Å². The summed E-state index contributed by atoms with van der Waals surface area (Å²) in [4.78, 5) is 6.78. The molecule has 1 aromatic rings. The molecule has 0 amide bonds. The van der Waals surface area contributed by atoms with E-state index in [0.717, 1.165) is 58.1 Å². The van der Waals surface area contributed by atoms with Crippen molar-refractivity contribution in [3.63, 3.8) is 0 Å². The van der Waals surface area contributed by atoms with E-state index >= 15 is 0 Å². The van der Waals surface area contributed by atoms with Gasteiger partial charge in [0.2, 0.25) is 0 Å². The second kappa shape index (κ2) is 5.79. The van der Waals surface area contributed by atoms with Crippen molar-refractivity contribution in [2.45, 2.75) is 45.6 Å². The summed E-state index contributed by atoms with van der Waals surface area (Å²) in [6.45, 7) is 9.48. The standard InChI is InChI=1S/C14H24N4O2/c1-12(2)8-18-13(15-11-16-18)9-17-5-3-4-14(10-17)19-6-7-20-14/h11-12H,3-10H2,1-2H3. The van der Waals surface area contributed by atoms with Crippen LogP contribution in [0.25, 0.3) is 0 Å². The maximum Gasteiger partial charge on any atom is 0.181 e. The summed E-state index contributed by atoms with van der Waals surface area (Å²) >= 11 is 0. The molecule has 2 aliphatic rings. The molecule has 0 N–H and O–H groups in total. The van der Waals surface area contributed by atoms with Crippen molar-refractivity contribution in [2.75, 3.05) is 26.3 Å². The molecule has 0 saturated carbocycles. The Bertz CT molecular complexity index is 440. The van der Waals surface area contributed by atoms with Crippen LogP contribution in [0.5, 0.6) is 0 Å². The lowest BCUT2D eigenvalue weighted by molar-refractivity contribution is -0.190. The minimum atomic E-state index is -0.360. The van der Waals surface area contributed by atoms with Crippen LogP contribution in [0.4, 0.5) is 0 Å². The van der Waals surface area contributed by atoms with Crippen LogP contribution in [0.3, 0.4) is 0 Å². The number of likely N-dealkylation sites (tertiary alicyclic amines) is 1. The maximum absolute atomic E-state index is 5.82. The van der Waals surface area contributed by atoms with Crippen molar-refractivity contribution in [3.8, 4) is 0 Å². The molecule has 2 saturated heterocycles. The van der Waals surface area contributed by atoms with Gasteiger partial charge in [-0.25, -0.2) is 9.67 Å². The van der Waals surface area contributed by atoms with Crippen LogP contribution in [0.2, 0.25) is 0 Å². The molecule has 1 spiro atoms. The molecule has 3 rings (SSSR count). The van der Waals surface area contributed by atoms with E-state index in [1.54, 1.807) is 6.33 Å². The van der Waals surface area contributed by atoms with Gasteiger partial charge < -0.3 is 9.47 Å². The number of ether oxygens (including phenoxy) is 2. The topological polar surface area (TPSA) is 52.4 Å². The summed E-state index contributed by atoms with van der Waals surface area (Å²) < 4.78 is 13.7. The molecule has 0 aliphatic carbocycles. The Labute approximate surface area is 120 Å². The second-order valence-corrected chi connectivity index (χ2v) is 6.17. The molecule has 20 heavy (non-hydrogen) atoms. The molecule has 0 aromatic carbocycles. The highest BCUT2D eigenvalue weighted by Crippen LogP contribution is 2.30. The first kappa shape index (κ1) is 14.0. The number of nitrogens with zero attached hydrogens (tertiary/aromatic N) is 4. The first-order valence-corrected chi connectivity index (χ1v) is 7.54. The zero-order valence-electron chi connectivity index (χ0n) is 12.4. The highest BCUT2D eigenvalue weighted by Gasteiger charge is 2.40. The van der Waals surface area contributed by atoms with Crippen molar-refractivity contribution < 1.29 is 9.47 Å². The van der Waals surface area contributed by atoms with Gasteiger partial charge in [-0.1, -0.05) is 13.8 Å². The van der Waals surface area contributed by atoms with Gasteiger partial charge in [-0.15, -0.1) is 0 Å². The van der Waals surface area contributed by atoms with Gasteiger partial charge in [0.1, 0.15) is 12.2 Å². The third kappa shape index (κ3) is 3.02. The minimum absolute atomic E-state index is 0.360. The van der Waals surface area contributed by atoms with Gasteiger partial charge in [0, 0.05) is 13.0 Å². The Hall–Kier alpha value is -0.980. The fraction of sp³-hybridized carbons (Fsp3) is 0.857. The fourth-order valence-electron chi connectivity index (χ4n) is 3.05. The average Bonchev–Trinajstić information content (AvgIpc) is 3.00. The largest absolute Gasteiger partial charge is 0.346 e. The van der Waals surface area contributed by atoms with Crippen LogP contribution in [0.1, 0.15) is 32.5 Å². The Morgan fingerprint density at radius 1 is 1.35 bits per heavy atom. The predicted octanol–water partition coefficient (Wildman–Crippen LogP) is 1.27. The van der Waals surface area contributed by atoms with Crippen molar-refractivity contribution in [1.82, 2.24) is 19.7 Å². The lowest BCUT2D eigenvalue weighted by atomic mass is 10.0. The summed E-state index contributed by atoms with van der Waals surface area (Å²) in [5.41, 5.74) is 0. The Morgan fingerprint density at radius 3 is 2.90 bits per heavy atom. The molecule has 3 heterocycles. The molecule has 0 atom stereocenters. The lowest BCUT2D eigenvalue weighted by Gasteiger charge is -2.38. The van der Waals surface area contributed by atoms with Crippen molar-refractivity contribution >= 4 is 0 Å². The normalized spacial score (nSPS) is 22.9. The van der Waals surface area contributed by atoms with Crippen LogP contribution in [0, 0.1) is 5.92 Å². The highest BCUT2D eigenvalue weighted by molar-refractivity contribution is 4.90. The monoisotopic (exact) mass is 280 g/mol. The van der Waals surface area contributed by atoms with Crippen molar-refractivity contribution in [3.05, 3.63) is 12.2 Å². The van der Waals surface area contributed by atoms with Crippen LogP contribution in [-0.2, 0) is 22.6 Å². The summed E-state index contributed by atoms with van der Waals surface area (Å²) in [6.07, 6.45) is 3.76. The zero-order chi connectivity index (χ0) is 14.0. The van der Waals surface area contributed by atoms with Gasteiger partial charge in [-0.3, -0.25) is 4.90 Å². The van der Waals surface area contributed by atoms with E-state index in [1.807, 2.05) is 4.68 Å². The summed E-state index contributed by atoms with van der Waals surface area (Å²) in [5, 5.41) is 4.33. The molecular weight excluding hydrogens is 256 g/mol. The van der Waals surface area contributed by atoms with Crippen molar-refractivity contribution in [2.24, 2.45) is 5.92 Å². The Morgan fingerprint density at radius 2 is 2.15 bits per heavy atom. The number of aromatic nitrogens is 3. The van der Waals surface area contributed by atoms with Gasteiger partial charge in [0.15, 0.2) is 5.79 Å². The molecule has 0 unspecified atom stereocenters. The van der Waals surface area contributed by atoms with Gasteiger partial charge in [-0.2, -0.15) is 5.10 Å². The van der Waals surface area contributed by atoms with Crippen LogP contribution >= 0.6 is 0 Å². The first-order chi connectivity index (χ1) is 9.67. The Balaban J connectivity index is 1.64. The number of hydrogen-bond donors (Lipinski definition) is 0. The molecule has 112 valence electrons. The van der Waals surface area contributed by atoms with Crippen LogP contribution < -0.4 is 0 Å². The van der Waals surface area contributed by atoms with E-state index < -0.39 is 0 Å². The van der Waals surface area contributed by atoms with Crippen LogP contribution in [-0.4, -0.2) is 51.8 Å². The summed E-state index contributed by atoms with van der Waals surface area (Å²) in [6, 6.07) is 0. The van der Waals surface area contributed by atoms with E-state index in [4.69, 9.17) is 9.47 Å². The molecule has 6 nitrogen and oxygen atoms in total. The summed E-state index contributed by atoms with van der Waals surface area (Å²) in [7, 11) is 0. The van der Waals surface area contributed by atoms with Gasteiger partial charge >= 0.3 is 0 Å². The molecule has 2 fully saturated rings. The zero-order valence-corrected chi connectivity index (χ0v) is 12.4. The average molecular weight is 280 g/mol. The third-order valence-electron chi connectivity index (χ3n) is 3.91. The number of piperidine rings is 1. The first-order valence-electron chi connectivity index (χ1n) is 7.54. The number of rotatable bonds is 4. The van der Waals surface area contributed by atoms with E-state index in [2.05, 4.69) is 28.8 Å². The molecular formula is C14H24N4O2. The number of hydrogen-bond acceptors (Lipinski definition) is 5. The fourth-order valence-corrected chi connectivity index (χ4v) is 3.05. The molecule has 0 bridgehead atoms. The quantitative estimate of drug-likeness (QED) is 0.831. The second-order valence-electron chi connectivity index (χ2n) is 6.17. The SMILES string of the molecule is CC(C)Cn1ncnc1CN1CCCC2(C1)OCCO2. The van der Waals surface area contributed by atoms with E-state index in [-0.39, 0.29) is 5.79 Å². The summed E-state index contributed by atoms with van der Waals surface area (Å²) in [5.74, 6) is 1.25. The molecule has 2 aliphatic heterocycles. The van der Waals surface area contributed by atoms with Crippen molar-refractivity contribution in [1.29, 1.82) is 0 Å². The maximum atomic E-state index is 5.82. The molecule has 1 aromatic heterocycles. The van der Waals surface area contributed by atoms with Gasteiger partial charge in [0.25, 0.3) is 0 Å². The van der Waals surface area contributed by atoms with E-state index in [0.29, 0.717) is 5.92 Å². The highest BCUT2D eigenvalue weighted by atomic mass is 16.7. The van der Waals surface area contributed by atoms with E-state index in [1.165, 1.54) is 0 Å². The molecule has 6 heteroatoms. The van der Waals surface area contributed by atoms with Gasteiger partial charge in [-0.05, 0) is 18.9 Å². The molecule has 0 radical (unpaired) electrons. The lowest BCUT2D eigenvalue weighted by Crippen LogP contribution is -2.48. The third-order valence-corrected chi connectivity index (χ3v) is 3.91. The Kier molecular flexibility index (Phi) is 4.05. The predicted molar refractivity (Wildman–Crippen MR) is 74.0 cm³/mol. The van der Waals surface area contributed by atoms with Gasteiger partial charge in [0.05, 0.1) is 26.3 Å². The smallest absolute Gasteiger partial charge is 0.181 e. The van der Waals surface area contributed by atoms with Crippen LogP contribution in [0.15, 0.2) is 6.33 Å². The minimum Gasteiger partial charge on any atom is -0.346 e.